The van der Waals surface area contributed by atoms with Gasteiger partial charge in [-0.15, -0.1) is 0 Å². The number of benzene rings is 3. The molecule has 2 aliphatic rings. The Kier molecular flexibility index (Phi) is 4.55. The molecule has 3 aromatic rings. The number of halogens is 1. The summed E-state index contributed by atoms with van der Waals surface area (Å²) in [5.74, 6) is 0.493. The van der Waals surface area contributed by atoms with Crippen molar-refractivity contribution in [2.24, 2.45) is 5.16 Å². The van der Waals surface area contributed by atoms with E-state index in [0.29, 0.717) is 5.90 Å². The van der Waals surface area contributed by atoms with E-state index in [1.807, 2.05) is 36.4 Å². The second-order valence-electron chi connectivity index (χ2n) is 8.07. The zero-order valence-electron chi connectivity index (χ0n) is 16.9. The van der Waals surface area contributed by atoms with E-state index in [9.17, 15) is 0 Å². The molecule has 0 unspecified atom stereocenters. The molecular formula is C26H22BrNO2. The molecule has 0 amide bonds. The minimum absolute atomic E-state index is 0.493. The van der Waals surface area contributed by atoms with Crippen molar-refractivity contribution in [3.63, 3.8) is 0 Å². The fourth-order valence-electron chi connectivity index (χ4n) is 4.79. The zero-order valence-corrected chi connectivity index (χ0v) is 18.5. The molecule has 5 rings (SSSR count). The van der Waals surface area contributed by atoms with E-state index < -0.39 is 11.2 Å². The van der Waals surface area contributed by atoms with E-state index in [2.05, 4.69) is 83.5 Å². The monoisotopic (exact) mass is 459 g/mol. The molecule has 150 valence electrons. The van der Waals surface area contributed by atoms with Gasteiger partial charge < -0.3 is 9.57 Å². The van der Waals surface area contributed by atoms with Crippen LogP contribution in [0.4, 0.5) is 0 Å². The van der Waals surface area contributed by atoms with Gasteiger partial charge in [-0.25, -0.2) is 0 Å². The van der Waals surface area contributed by atoms with Crippen LogP contribution in [-0.4, -0.2) is 11.5 Å². The Morgan fingerprint density at radius 2 is 1.47 bits per heavy atom. The third-order valence-electron chi connectivity index (χ3n) is 6.04. The first kappa shape index (κ1) is 19.1. The summed E-state index contributed by atoms with van der Waals surface area (Å²) in [6.07, 6.45) is 0.739. The number of oxime groups is 1. The lowest BCUT2D eigenvalue weighted by molar-refractivity contribution is -0.160. The molecule has 3 aromatic carbocycles. The molecule has 1 aliphatic heterocycles. The van der Waals surface area contributed by atoms with Gasteiger partial charge in [0.05, 0.1) is 0 Å². The van der Waals surface area contributed by atoms with Crippen molar-refractivity contribution < 1.29 is 9.57 Å². The number of fused-ring (bicyclic) bond motifs is 1. The summed E-state index contributed by atoms with van der Waals surface area (Å²) in [5, 5.41) is 4.43. The van der Waals surface area contributed by atoms with Gasteiger partial charge in [0, 0.05) is 27.6 Å². The SMILES string of the molecule is CC1=C(c2ccccc2)[C@@]2(c3ccccc3)OC(c3ccc(Br)cc3)=NO[C@@]2(C)C1. The van der Waals surface area contributed by atoms with E-state index in [1.54, 1.807) is 0 Å². The van der Waals surface area contributed by atoms with Gasteiger partial charge >= 0.3 is 0 Å². The molecule has 0 saturated heterocycles. The van der Waals surface area contributed by atoms with Gasteiger partial charge in [0.15, 0.2) is 5.60 Å². The van der Waals surface area contributed by atoms with Gasteiger partial charge in [-0.2, -0.15) is 0 Å². The van der Waals surface area contributed by atoms with E-state index in [-0.39, 0.29) is 0 Å². The predicted octanol–water partition coefficient (Wildman–Crippen LogP) is 6.69. The number of nitrogens with zero attached hydrogens (tertiary/aromatic N) is 1. The molecule has 3 nitrogen and oxygen atoms in total. The number of hydrogen-bond acceptors (Lipinski definition) is 3. The average molecular weight is 460 g/mol. The zero-order chi connectivity index (χ0) is 20.8. The molecule has 0 saturated carbocycles. The van der Waals surface area contributed by atoms with Crippen LogP contribution in [0, 0.1) is 0 Å². The Morgan fingerprint density at radius 3 is 2.13 bits per heavy atom. The number of rotatable bonds is 3. The van der Waals surface area contributed by atoms with Crippen molar-refractivity contribution in [2.45, 2.75) is 31.5 Å². The van der Waals surface area contributed by atoms with Crippen LogP contribution in [0.3, 0.4) is 0 Å². The van der Waals surface area contributed by atoms with Gasteiger partial charge in [0.25, 0.3) is 5.90 Å². The Morgan fingerprint density at radius 1 is 0.833 bits per heavy atom. The molecule has 0 aromatic heterocycles. The maximum atomic E-state index is 6.90. The normalized spacial score (nSPS) is 25.2. The summed E-state index contributed by atoms with van der Waals surface area (Å²) in [5.41, 5.74) is 4.04. The van der Waals surface area contributed by atoms with Crippen LogP contribution >= 0.6 is 15.9 Å². The van der Waals surface area contributed by atoms with E-state index in [1.165, 1.54) is 5.57 Å². The molecule has 1 aliphatic carbocycles. The second kappa shape index (κ2) is 7.13. The van der Waals surface area contributed by atoms with Crippen LogP contribution in [0.1, 0.15) is 37.0 Å². The van der Waals surface area contributed by atoms with Gasteiger partial charge in [-0.05, 0) is 48.8 Å². The van der Waals surface area contributed by atoms with Gasteiger partial charge in [-0.3, -0.25) is 0 Å². The quantitative estimate of drug-likeness (QED) is 0.436. The lowest BCUT2D eigenvalue weighted by Gasteiger charge is -2.46. The standard InChI is InChI=1S/C26H22BrNO2/c1-18-17-25(2)26(21-11-7-4-8-12-21,23(18)19-9-5-3-6-10-19)29-24(28-30-25)20-13-15-22(27)16-14-20/h3-16H,17H2,1-2H3/t25-,26+/m0/s1. The molecule has 1 heterocycles. The fraction of sp³-hybridized carbons (Fsp3) is 0.192. The first-order valence-electron chi connectivity index (χ1n) is 10.1. The maximum absolute atomic E-state index is 6.90. The number of ether oxygens (including phenoxy) is 1. The summed E-state index contributed by atoms with van der Waals surface area (Å²) in [6, 6.07) is 28.8. The highest BCUT2D eigenvalue weighted by Crippen LogP contribution is 2.59. The van der Waals surface area contributed by atoms with Crippen molar-refractivity contribution >= 4 is 27.4 Å². The molecule has 0 radical (unpaired) electrons. The third kappa shape index (κ3) is 2.82. The van der Waals surface area contributed by atoms with E-state index in [0.717, 1.165) is 33.2 Å². The van der Waals surface area contributed by atoms with Crippen LogP contribution in [0.5, 0.6) is 0 Å². The summed E-state index contributed by atoms with van der Waals surface area (Å²) in [7, 11) is 0. The lowest BCUT2D eigenvalue weighted by atomic mass is 9.74. The highest BCUT2D eigenvalue weighted by atomic mass is 79.9. The molecule has 30 heavy (non-hydrogen) atoms. The van der Waals surface area contributed by atoms with Crippen molar-refractivity contribution in [3.05, 3.63) is 112 Å². The topological polar surface area (TPSA) is 30.8 Å². The fourth-order valence-corrected chi connectivity index (χ4v) is 5.05. The van der Waals surface area contributed by atoms with Gasteiger partial charge in [0.1, 0.15) is 0 Å². The van der Waals surface area contributed by atoms with Crippen LogP contribution in [0.15, 0.2) is 100 Å². The van der Waals surface area contributed by atoms with Crippen LogP contribution < -0.4 is 0 Å². The van der Waals surface area contributed by atoms with Crippen LogP contribution in [0.2, 0.25) is 0 Å². The average Bonchev–Trinajstić information content (AvgIpc) is 3.02. The Bertz CT molecular complexity index is 1140. The Hall–Kier alpha value is -2.85. The largest absolute Gasteiger partial charge is 0.454 e. The minimum Gasteiger partial charge on any atom is -0.454 e. The lowest BCUT2D eigenvalue weighted by Crippen LogP contribution is -2.54. The molecule has 0 spiro atoms. The summed E-state index contributed by atoms with van der Waals surface area (Å²) in [4.78, 5) is 6.28. The molecule has 4 heteroatoms. The third-order valence-corrected chi connectivity index (χ3v) is 6.57. The highest BCUT2D eigenvalue weighted by Gasteiger charge is 2.64. The van der Waals surface area contributed by atoms with Crippen molar-refractivity contribution in [1.82, 2.24) is 0 Å². The molecule has 0 N–H and O–H groups in total. The van der Waals surface area contributed by atoms with E-state index >= 15 is 0 Å². The van der Waals surface area contributed by atoms with Crippen molar-refractivity contribution in [2.75, 3.05) is 0 Å². The Labute approximate surface area is 185 Å². The summed E-state index contributed by atoms with van der Waals surface area (Å²) < 4.78 is 7.91. The predicted molar refractivity (Wildman–Crippen MR) is 123 cm³/mol. The summed E-state index contributed by atoms with van der Waals surface area (Å²) in [6.45, 7) is 4.27. The second-order valence-corrected chi connectivity index (χ2v) is 8.99. The molecule has 2 atom stereocenters. The van der Waals surface area contributed by atoms with Crippen molar-refractivity contribution in [3.8, 4) is 0 Å². The van der Waals surface area contributed by atoms with Gasteiger partial charge in [0.2, 0.25) is 5.60 Å². The maximum Gasteiger partial charge on any atom is 0.259 e. The minimum atomic E-state index is -0.802. The first-order valence-corrected chi connectivity index (χ1v) is 10.9. The summed E-state index contributed by atoms with van der Waals surface area (Å²) >= 11 is 3.50. The molecular weight excluding hydrogens is 438 g/mol. The number of hydrogen-bond donors (Lipinski definition) is 0. The first-order chi connectivity index (χ1) is 14.5. The molecule has 0 fully saturated rings. The smallest absolute Gasteiger partial charge is 0.259 e. The molecule has 0 bridgehead atoms. The van der Waals surface area contributed by atoms with Crippen LogP contribution in [0.25, 0.3) is 5.57 Å². The van der Waals surface area contributed by atoms with Gasteiger partial charge in [-0.1, -0.05) is 82.2 Å². The van der Waals surface area contributed by atoms with E-state index in [4.69, 9.17) is 9.57 Å². The van der Waals surface area contributed by atoms with Crippen molar-refractivity contribution in [1.29, 1.82) is 0 Å². The Balaban J connectivity index is 1.74. The van der Waals surface area contributed by atoms with Crippen LogP contribution in [-0.2, 0) is 15.2 Å². The highest BCUT2D eigenvalue weighted by molar-refractivity contribution is 9.10.